The number of fused-ring (bicyclic) bond motifs is 4. The first-order valence-corrected chi connectivity index (χ1v) is 10.2. The molecule has 4 aliphatic rings. The van der Waals surface area contributed by atoms with Crippen LogP contribution in [0.25, 0.3) is 0 Å². The topological polar surface area (TPSA) is 131 Å². The Morgan fingerprint density at radius 1 is 0.839 bits per heavy atom. The van der Waals surface area contributed by atoms with Crippen LogP contribution < -0.4 is 20.1 Å². The van der Waals surface area contributed by atoms with Crippen LogP contribution in [0.1, 0.15) is 24.3 Å². The molecule has 2 aliphatic carbocycles. The Bertz CT molecular complexity index is 1040. The zero-order chi connectivity index (χ0) is 22.0. The first-order valence-electron chi connectivity index (χ1n) is 10.2. The minimum atomic E-state index is -0.648. The lowest BCUT2D eigenvalue weighted by Gasteiger charge is -2.44. The molecule has 2 heterocycles. The fraction of sp³-hybridized carbons (Fsp3) is 0.455. The molecule has 162 valence electrons. The molecule has 2 aliphatic heterocycles. The van der Waals surface area contributed by atoms with E-state index in [-0.39, 0.29) is 46.8 Å². The highest BCUT2D eigenvalue weighted by Crippen LogP contribution is 2.57. The van der Waals surface area contributed by atoms with E-state index in [0.717, 1.165) is 5.57 Å². The van der Waals surface area contributed by atoms with Gasteiger partial charge in [0.15, 0.2) is 11.5 Å². The van der Waals surface area contributed by atoms with Gasteiger partial charge in [-0.05, 0) is 36.5 Å². The maximum absolute atomic E-state index is 12.8. The van der Waals surface area contributed by atoms with Gasteiger partial charge >= 0.3 is 0 Å². The highest BCUT2D eigenvalue weighted by atomic mass is 16.5. The van der Waals surface area contributed by atoms with Crippen LogP contribution in [0.2, 0.25) is 0 Å². The predicted octanol–water partition coefficient (Wildman–Crippen LogP) is 0.621. The molecule has 1 saturated carbocycles. The van der Waals surface area contributed by atoms with Gasteiger partial charge in [-0.3, -0.25) is 29.8 Å². The minimum Gasteiger partial charge on any atom is -0.502 e. The Morgan fingerprint density at radius 3 is 2.03 bits per heavy atom. The molecular formula is C22H22N2O7. The summed E-state index contributed by atoms with van der Waals surface area (Å²) in [6.07, 6.45) is 2.66. The number of hydrogen-bond donors (Lipinski definition) is 3. The Labute approximate surface area is 177 Å². The summed E-state index contributed by atoms with van der Waals surface area (Å²) in [5.41, 5.74) is 1.51. The van der Waals surface area contributed by atoms with Crippen molar-refractivity contribution in [2.75, 3.05) is 14.2 Å². The Morgan fingerprint density at radius 2 is 1.42 bits per heavy atom. The van der Waals surface area contributed by atoms with Crippen LogP contribution >= 0.6 is 0 Å². The second-order valence-electron chi connectivity index (χ2n) is 8.51. The van der Waals surface area contributed by atoms with Gasteiger partial charge in [-0.25, -0.2) is 0 Å². The number of allylic oxidation sites excluding steroid dienone is 2. The molecule has 3 fully saturated rings. The molecule has 31 heavy (non-hydrogen) atoms. The van der Waals surface area contributed by atoms with Crippen molar-refractivity contribution in [1.29, 1.82) is 0 Å². The molecule has 3 N–H and O–H groups in total. The van der Waals surface area contributed by atoms with Crippen molar-refractivity contribution in [3.63, 3.8) is 0 Å². The molecule has 0 unspecified atom stereocenters. The second-order valence-corrected chi connectivity index (χ2v) is 8.51. The summed E-state index contributed by atoms with van der Waals surface area (Å²) in [6, 6.07) is 3.26. The van der Waals surface area contributed by atoms with E-state index in [1.54, 1.807) is 12.1 Å². The molecule has 1 aromatic carbocycles. The first kappa shape index (κ1) is 19.6. The minimum absolute atomic E-state index is 0.164. The molecule has 5 rings (SSSR count). The van der Waals surface area contributed by atoms with Crippen LogP contribution in [0.15, 0.2) is 23.8 Å². The molecule has 1 aromatic rings. The summed E-state index contributed by atoms with van der Waals surface area (Å²) < 4.78 is 10.6. The van der Waals surface area contributed by atoms with Crippen molar-refractivity contribution >= 4 is 23.6 Å². The van der Waals surface area contributed by atoms with Crippen LogP contribution in [0, 0.1) is 29.6 Å². The number of nitrogens with one attached hydrogen (secondary N) is 2. The number of amides is 4. The Balaban J connectivity index is 1.68. The van der Waals surface area contributed by atoms with E-state index >= 15 is 0 Å². The summed E-state index contributed by atoms with van der Waals surface area (Å²) in [5.74, 6) is -4.24. The number of ether oxygens (including phenoxy) is 2. The van der Waals surface area contributed by atoms with Crippen LogP contribution in [-0.2, 0) is 19.2 Å². The average Bonchev–Trinajstić information content (AvgIpc) is 3.21. The van der Waals surface area contributed by atoms with E-state index in [4.69, 9.17) is 9.47 Å². The van der Waals surface area contributed by atoms with Gasteiger partial charge < -0.3 is 14.6 Å². The van der Waals surface area contributed by atoms with Gasteiger partial charge in [0.25, 0.3) is 0 Å². The quantitative estimate of drug-likeness (QED) is 0.477. The van der Waals surface area contributed by atoms with Gasteiger partial charge in [-0.15, -0.1) is 0 Å². The van der Waals surface area contributed by atoms with E-state index in [1.165, 1.54) is 14.2 Å². The smallest absolute Gasteiger partial charge is 0.231 e. The van der Waals surface area contributed by atoms with Crippen molar-refractivity contribution in [2.24, 2.45) is 29.6 Å². The van der Waals surface area contributed by atoms with E-state index < -0.39 is 29.6 Å². The molecule has 0 bridgehead atoms. The number of imide groups is 2. The van der Waals surface area contributed by atoms with Crippen LogP contribution in [0.4, 0.5) is 0 Å². The lowest BCUT2D eigenvalue weighted by Crippen LogP contribution is -2.42. The highest BCUT2D eigenvalue weighted by molar-refractivity contribution is 6.07. The summed E-state index contributed by atoms with van der Waals surface area (Å²) in [4.78, 5) is 50.2. The van der Waals surface area contributed by atoms with Gasteiger partial charge in [0, 0.05) is 5.92 Å². The van der Waals surface area contributed by atoms with Crippen LogP contribution in [0.3, 0.4) is 0 Å². The standard InChI is InChI=1S/C22H22N2O7/c1-30-13-5-8(6-14(31-2)18(13)25)15-9-3-4-10-16(21(28)23-19(10)26)11(9)7-12-17(15)22(29)24-20(12)27/h3,5-6,10-12,15-17,25H,4,7H2,1-2H3,(H,23,26,28)(H,24,27,29)/t10-,11+,12+,15-,16-,17+/m0/s1. The van der Waals surface area contributed by atoms with Crippen molar-refractivity contribution < 1.29 is 33.8 Å². The molecule has 9 nitrogen and oxygen atoms in total. The normalized spacial score (nSPS) is 33.7. The Hall–Kier alpha value is -3.36. The van der Waals surface area contributed by atoms with Crippen LogP contribution in [0.5, 0.6) is 17.2 Å². The fourth-order valence-electron chi connectivity index (χ4n) is 5.88. The number of hydrogen-bond acceptors (Lipinski definition) is 7. The maximum Gasteiger partial charge on any atom is 0.231 e. The first-order chi connectivity index (χ1) is 14.8. The number of phenols is 1. The summed E-state index contributed by atoms with van der Waals surface area (Å²) in [7, 11) is 2.82. The number of carbonyl (C=O) groups is 4. The van der Waals surface area contributed by atoms with E-state index in [9.17, 15) is 24.3 Å². The molecule has 2 saturated heterocycles. The highest BCUT2D eigenvalue weighted by Gasteiger charge is 2.58. The lowest BCUT2D eigenvalue weighted by molar-refractivity contribution is -0.128. The largest absolute Gasteiger partial charge is 0.502 e. The molecule has 0 spiro atoms. The average molecular weight is 426 g/mol. The maximum atomic E-state index is 12.8. The third-order valence-corrected chi connectivity index (χ3v) is 7.20. The number of rotatable bonds is 3. The van der Waals surface area contributed by atoms with Gasteiger partial charge in [0.1, 0.15) is 0 Å². The van der Waals surface area contributed by atoms with E-state index in [0.29, 0.717) is 18.4 Å². The molecule has 4 amide bonds. The molecule has 6 atom stereocenters. The third-order valence-electron chi connectivity index (χ3n) is 7.20. The monoisotopic (exact) mass is 426 g/mol. The van der Waals surface area contributed by atoms with Crippen molar-refractivity contribution in [1.82, 2.24) is 10.6 Å². The fourth-order valence-corrected chi connectivity index (χ4v) is 5.88. The number of phenolic OH excluding ortho intramolecular Hbond substituents is 1. The van der Waals surface area contributed by atoms with E-state index in [1.807, 2.05) is 6.08 Å². The summed E-state index contributed by atoms with van der Waals surface area (Å²) in [6.45, 7) is 0. The van der Waals surface area contributed by atoms with Crippen molar-refractivity contribution in [3.05, 3.63) is 29.3 Å². The molecule has 9 heteroatoms. The number of aromatic hydroxyl groups is 1. The zero-order valence-corrected chi connectivity index (χ0v) is 17.0. The Kier molecular flexibility index (Phi) is 4.32. The van der Waals surface area contributed by atoms with Gasteiger partial charge in [-0.1, -0.05) is 11.6 Å². The number of carbonyl (C=O) groups excluding carboxylic acids is 4. The summed E-state index contributed by atoms with van der Waals surface area (Å²) >= 11 is 0. The summed E-state index contributed by atoms with van der Waals surface area (Å²) in [5, 5.41) is 15.2. The number of methoxy groups -OCH3 is 2. The molecule has 0 aromatic heterocycles. The zero-order valence-electron chi connectivity index (χ0n) is 17.0. The SMILES string of the molecule is COc1cc([C@H]2C3=CC[C@@H]4C(=O)NC(=O)[C@@H]4[C@@H]3C[C@H]3C(=O)NC(=O)[C@@H]23)cc(OC)c1O. The predicted molar refractivity (Wildman–Crippen MR) is 105 cm³/mol. The third kappa shape index (κ3) is 2.68. The molecule has 0 radical (unpaired) electrons. The van der Waals surface area contributed by atoms with Gasteiger partial charge in [0.2, 0.25) is 29.4 Å². The van der Waals surface area contributed by atoms with Gasteiger partial charge in [0.05, 0.1) is 37.9 Å². The van der Waals surface area contributed by atoms with Crippen molar-refractivity contribution in [3.8, 4) is 17.2 Å². The van der Waals surface area contributed by atoms with E-state index in [2.05, 4.69) is 10.6 Å². The lowest BCUT2D eigenvalue weighted by atomic mass is 9.57. The van der Waals surface area contributed by atoms with Gasteiger partial charge in [-0.2, -0.15) is 0 Å². The number of benzene rings is 1. The second kappa shape index (κ2) is 6.83. The van der Waals surface area contributed by atoms with Crippen LogP contribution in [-0.4, -0.2) is 43.0 Å². The molecular weight excluding hydrogens is 404 g/mol. The van der Waals surface area contributed by atoms with Crippen molar-refractivity contribution in [2.45, 2.75) is 18.8 Å².